The molecule has 32 heavy (non-hydrogen) atoms. The molecule has 1 atom stereocenters. The third kappa shape index (κ3) is 4.66. The Morgan fingerprint density at radius 3 is 2.59 bits per heavy atom. The molecule has 2 heterocycles. The molecule has 0 unspecified atom stereocenters. The number of anilines is 2. The Hall–Kier alpha value is -2.45. The van der Waals surface area contributed by atoms with Crippen LogP contribution < -0.4 is 15.1 Å². The molecule has 1 saturated heterocycles. The van der Waals surface area contributed by atoms with Crippen molar-refractivity contribution in [1.29, 1.82) is 0 Å². The van der Waals surface area contributed by atoms with Crippen LogP contribution in [0.3, 0.4) is 0 Å². The first-order chi connectivity index (χ1) is 15.1. The molecule has 2 aliphatic rings. The largest absolute Gasteiger partial charge is 0.493 e. The van der Waals surface area contributed by atoms with E-state index in [1.165, 1.54) is 0 Å². The molecule has 2 N–H and O–H groups in total. The lowest BCUT2D eigenvalue weighted by Crippen LogP contribution is -2.39. The quantitative estimate of drug-likeness (QED) is 0.451. The number of rotatable bonds is 7. The second-order valence-electron chi connectivity index (χ2n) is 7.43. The van der Waals surface area contributed by atoms with E-state index >= 15 is 4.39 Å². The van der Waals surface area contributed by atoms with Crippen LogP contribution in [0.1, 0.15) is 30.7 Å². The van der Waals surface area contributed by atoms with E-state index < -0.39 is 38.7 Å². The molecule has 8 nitrogen and oxygen atoms in total. The van der Waals surface area contributed by atoms with Crippen LogP contribution in [-0.2, 0) is 19.7 Å². The number of halogens is 4. The van der Waals surface area contributed by atoms with Gasteiger partial charge >= 0.3 is 12.1 Å². The summed E-state index contributed by atoms with van der Waals surface area (Å²) < 4.78 is 79.2. The van der Waals surface area contributed by atoms with Crippen LogP contribution in [-0.4, -0.2) is 44.7 Å². The molecule has 1 aliphatic carbocycles. The van der Waals surface area contributed by atoms with Crippen LogP contribution in [0, 0.1) is 5.82 Å². The van der Waals surface area contributed by atoms with E-state index in [1.807, 2.05) is 0 Å². The van der Waals surface area contributed by atoms with Crippen molar-refractivity contribution in [2.75, 3.05) is 22.9 Å². The maximum Gasteiger partial charge on any atom is 0.493 e. The molecule has 1 aromatic carbocycles. The van der Waals surface area contributed by atoms with Crippen molar-refractivity contribution >= 4 is 38.8 Å². The van der Waals surface area contributed by atoms with Gasteiger partial charge in [0.05, 0.1) is 5.51 Å². The van der Waals surface area contributed by atoms with Gasteiger partial charge in [0.1, 0.15) is 10.7 Å². The predicted molar refractivity (Wildman–Crippen MR) is 107 cm³/mol. The molecule has 0 spiro atoms. The Morgan fingerprint density at radius 1 is 1.28 bits per heavy atom. The average Bonchev–Trinajstić information content (AvgIpc) is 3.17. The van der Waals surface area contributed by atoms with E-state index in [9.17, 15) is 26.4 Å². The molecule has 174 valence electrons. The van der Waals surface area contributed by atoms with Crippen LogP contribution in [0.25, 0.3) is 0 Å². The Balaban J connectivity index is 1.73. The summed E-state index contributed by atoms with van der Waals surface area (Å²) in [5, 5.41) is 7.43. The maximum atomic E-state index is 15.0. The van der Waals surface area contributed by atoms with E-state index in [2.05, 4.69) is 20.5 Å². The number of nitrogens with one attached hydrogen (secondary N) is 2. The molecule has 1 aliphatic heterocycles. The van der Waals surface area contributed by atoms with Crippen molar-refractivity contribution in [2.24, 2.45) is 0 Å². The standard InChI is InChI=1S/C18H18F4N4O4S2/c19-13-6-14(25-11-3-4-23-7-11)12(10-1-2-10)5-15(13)32(28,29)26(16-8-31-9-24-16)30-17(27)18(20,21)22/h5-6,8-11,23,25H,1-4,7H2/t11-/m0/s1. The van der Waals surface area contributed by atoms with Gasteiger partial charge < -0.3 is 15.5 Å². The van der Waals surface area contributed by atoms with Gasteiger partial charge in [0.15, 0.2) is 5.82 Å². The lowest BCUT2D eigenvalue weighted by Gasteiger charge is -2.23. The van der Waals surface area contributed by atoms with Gasteiger partial charge in [-0.25, -0.2) is 14.2 Å². The van der Waals surface area contributed by atoms with Crippen LogP contribution in [0.2, 0.25) is 0 Å². The van der Waals surface area contributed by atoms with Gasteiger partial charge in [0.25, 0.3) is 10.0 Å². The van der Waals surface area contributed by atoms with Crippen LogP contribution in [0.15, 0.2) is 27.9 Å². The van der Waals surface area contributed by atoms with Gasteiger partial charge in [-0.15, -0.1) is 11.3 Å². The van der Waals surface area contributed by atoms with Gasteiger partial charge in [-0.2, -0.15) is 21.6 Å². The highest BCUT2D eigenvalue weighted by Crippen LogP contribution is 2.45. The number of hydrogen-bond acceptors (Lipinski definition) is 8. The first-order valence-electron chi connectivity index (χ1n) is 9.60. The van der Waals surface area contributed by atoms with Crippen LogP contribution >= 0.6 is 11.3 Å². The lowest BCUT2D eigenvalue weighted by atomic mass is 10.1. The van der Waals surface area contributed by atoms with Crippen molar-refractivity contribution in [1.82, 2.24) is 10.3 Å². The third-order valence-electron chi connectivity index (χ3n) is 5.04. The Kier molecular flexibility index (Phi) is 6.02. The minimum Gasteiger partial charge on any atom is -0.381 e. The van der Waals surface area contributed by atoms with E-state index in [4.69, 9.17) is 0 Å². The molecule has 1 saturated carbocycles. The van der Waals surface area contributed by atoms with E-state index in [0.29, 0.717) is 17.8 Å². The Bertz CT molecular complexity index is 1100. The van der Waals surface area contributed by atoms with Crippen molar-refractivity contribution in [3.05, 3.63) is 34.4 Å². The molecule has 0 bridgehead atoms. The summed E-state index contributed by atoms with van der Waals surface area (Å²) in [6.07, 6.45) is -3.13. The van der Waals surface area contributed by atoms with Crippen molar-refractivity contribution in [2.45, 2.75) is 42.3 Å². The zero-order valence-electron chi connectivity index (χ0n) is 16.4. The fraction of sp³-hybridized carbons (Fsp3) is 0.444. The summed E-state index contributed by atoms with van der Waals surface area (Å²) >= 11 is 0.857. The molecule has 1 aromatic heterocycles. The highest BCUT2D eigenvalue weighted by Gasteiger charge is 2.46. The molecule has 4 rings (SSSR count). The van der Waals surface area contributed by atoms with Crippen molar-refractivity contribution in [3.8, 4) is 0 Å². The second kappa shape index (κ2) is 8.48. The van der Waals surface area contributed by atoms with Gasteiger partial charge in [0.2, 0.25) is 0 Å². The number of carbonyl (C=O) groups is 1. The SMILES string of the molecule is O=C(ON(c1cscn1)S(=O)(=O)c1cc(C2CC2)c(N[C@H]2CCNC2)cc1F)C(F)(F)F. The first kappa shape index (κ1) is 22.7. The van der Waals surface area contributed by atoms with Crippen LogP contribution in [0.4, 0.5) is 29.1 Å². The smallest absolute Gasteiger partial charge is 0.381 e. The highest BCUT2D eigenvalue weighted by molar-refractivity contribution is 7.92. The van der Waals surface area contributed by atoms with Crippen molar-refractivity contribution < 1.29 is 35.6 Å². The normalized spacial score (nSPS) is 19.1. The average molecular weight is 494 g/mol. The number of alkyl halides is 3. The lowest BCUT2D eigenvalue weighted by molar-refractivity contribution is -0.199. The number of carbonyl (C=O) groups excluding carboxylic acids is 1. The summed E-state index contributed by atoms with van der Waals surface area (Å²) in [5.41, 5.74) is 2.11. The Morgan fingerprint density at radius 2 is 2.03 bits per heavy atom. The molecule has 0 amide bonds. The number of sulfonamides is 1. The minimum absolute atomic E-state index is 0.00754. The first-order valence-corrected chi connectivity index (χ1v) is 12.0. The van der Waals surface area contributed by atoms with Gasteiger partial charge in [-0.1, -0.05) is 4.47 Å². The number of hydrogen-bond donors (Lipinski definition) is 2. The fourth-order valence-corrected chi connectivity index (χ4v) is 5.20. The Labute approximate surface area is 184 Å². The highest BCUT2D eigenvalue weighted by atomic mass is 32.2. The van der Waals surface area contributed by atoms with Gasteiger partial charge in [-0.05, 0) is 49.4 Å². The number of aromatic nitrogens is 1. The summed E-state index contributed by atoms with van der Waals surface area (Å²) in [5.74, 6) is -4.57. The molecule has 2 aromatic rings. The summed E-state index contributed by atoms with van der Waals surface area (Å²) in [6, 6.07) is 2.14. The molecule has 14 heteroatoms. The summed E-state index contributed by atoms with van der Waals surface area (Å²) in [4.78, 5) is 18.2. The molecular weight excluding hydrogens is 476 g/mol. The maximum absolute atomic E-state index is 15.0. The number of thiazole rings is 1. The van der Waals surface area contributed by atoms with Crippen LogP contribution in [0.5, 0.6) is 0 Å². The molecule has 0 radical (unpaired) electrons. The van der Waals surface area contributed by atoms with E-state index in [1.54, 1.807) is 0 Å². The van der Waals surface area contributed by atoms with E-state index in [-0.39, 0.29) is 16.4 Å². The fourth-order valence-electron chi connectivity index (χ4n) is 3.35. The zero-order chi connectivity index (χ0) is 23.1. The summed E-state index contributed by atoms with van der Waals surface area (Å²) in [7, 11) is -5.06. The monoisotopic (exact) mass is 494 g/mol. The van der Waals surface area contributed by atoms with Gasteiger partial charge in [0, 0.05) is 23.7 Å². The number of nitrogens with zero attached hydrogens (tertiary/aromatic N) is 2. The summed E-state index contributed by atoms with van der Waals surface area (Å²) in [6.45, 7) is 1.45. The second-order valence-corrected chi connectivity index (χ2v) is 9.87. The van der Waals surface area contributed by atoms with Gasteiger partial charge in [-0.3, -0.25) is 0 Å². The topological polar surface area (TPSA) is 101 Å². The van der Waals surface area contributed by atoms with E-state index in [0.717, 1.165) is 60.2 Å². The zero-order valence-corrected chi connectivity index (χ0v) is 18.0. The van der Waals surface area contributed by atoms with Crippen molar-refractivity contribution in [3.63, 3.8) is 0 Å². The minimum atomic E-state index is -5.47. The number of benzene rings is 1. The molecular formula is C18H18F4N4O4S2. The predicted octanol–water partition coefficient (Wildman–Crippen LogP) is 3.15. The third-order valence-corrected chi connectivity index (χ3v) is 7.18. The molecule has 2 fully saturated rings.